The van der Waals surface area contributed by atoms with E-state index in [0.29, 0.717) is 31.4 Å². The van der Waals surface area contributed by atoms with Crippen LogP contribution in [-0.4, -0.2) is 50.8 Å². The number of carbonyl (C=O) groups excluding carboxylic acids is 4. The van der Waals surface area contributed by atoms with E-state index in [1.165, 1.54) is 13.2 Å². The summed E-state index contributed by atoms with van der Waals surface area (Å²) < 4.78 is 21.3. The minimum absolute atomic E-state index is 0.114. The molecule has 188 valence electrons. The van der Waals surface area contributed by atoms with Crippen LogP contribution >= 0.6 is 0 Å². The Morgan fingerprint density at radius 2 is 1.94 bits per heavy atom. The fourth-order valence-electron chi connectivity index (χ4n) is 4.83. The van der Waals surface area contributed by atoms with Crippen LogP contribution in [0.25, 0.3) is 0 Å². The quantitative estimate of drug-likeness (QED) is 0.148. The zero-order valence-corrected chi connectivity index (χ0v) is 20.7. The van der Waals surface area contributed by atoms with E-state index < -0.39 is 36.0 Å². The molecular formula is C26H36O8. The molecule has 0 radical (unpaired) electrons. The van der Waals surface area contributed by atoms with Gasteiger partial charge in [0.15, 0.2) is 0 Å². The number of methoxy groups -OCH3 is 1. The van der Waals surface area contributed by atoms with Crippen LogP contribution in [0.15, 0.2) is 34.9 Å². The first-order valence-electron chi connectivity index (χ1n) is 11.9. The molecule has 0 N–H and O–H groups in total. The van der Waals surface area contributed by atoms with Gasteiger partial charge >= 0.3 is 24.5 Å². The molecule has 0 aromatic rings. The Balaban J connectivity index is 2.41. The number of carboxylic acids is 1. The molecule has 0 amide bonds. The van der Waals surface area contributed by atoms with Gasteiger partial charge in [0, 0.05) is 23.9 Å². The van der Waals surface area contributed by atoms with Gasteiger partial charge in [-0.1, -0.05) is 24.6 Å². The van der Waals surface area contributed by atoms with Crippen LogP contribution < -0.4 is 5.11 Å². The highest BCUT2D eigenvalue weighted by Crippen LogP contribution is 2.47. The second-order valence-electron chi connectivity index (χ2n) is 8.53. The molecule has 0 bridgehead atoms. The summed E-state index contributed by atoms with van der Waals surface area (Å²) >= 11 is 0. The van der Waals surface area contributed by atoms with E-state index in [9.17, 15) is 19.5 Å². The number of carboxylic acid groups (broad SMARTS) is 1. The van der Waals surface area contributed by atoms with E-state index in [1.807, 2.05) is 26.8 Å². The van der Waals surface area contributed by atoms with Gasteiger partial charge in [0.1, 0.15) is 0 Å². The van der Waals surface area contributed by atoms with Crippen molar-refractivity contribution in [2.24, 2.45) is 23.7 Å². The van der Waals surface area contributed by atoms with Gasteiger partial charge in [0.2, 0.25) is 0 Å². The number of fused-ring (bicyclic) bond motifs is 1. The smallest absolute Gasteiger partial charge is 0.381 e. The molecule has 0 aromatic carbocycles. The molecule has 2 rings (SSSR count). The lowest BCUT2D eigenvalue weighted by Crippen LogP contribution is -2.50. The summed E-state index contributed by atoms with van der Waals surface area (Å²) in [5.41, 5.74) is 2.10. The van der Waals surface area contributed by atoms with E-state index in [4.69, 9.17) is 13.9 Å². The van der Waals surface area contributed by atoms with Crippen LogP contribution in [0, 0.1) is 23.7 Å². The number of ether oxygens (including phenoxy) is 3. The summed E-state index contributed by atoms with van der Waals surface area (Å²) in [5, 5.41) is 12.4. The number of esters is 2. The molecule has 1 aliphatic carbocycles. The van der Waals surface area contributed by atoms with Crippen molar-refractivity contribution < 1.29 is 38.1 Å². The third kappa shape index (κ3) is 6.65. The van der Waals surface area contributed by atoms with Crippen LogP contribution in [-0.2, 0) is 33.0 Å². The van der Waals surface area contributed by atoms with Crippen molar-refractivity contribution in [3.63, 3.8) is 0 Å². The number of aldehydes is 1. The normalized spacial score (nSPS) is 27.0. The van der Waals surface area contributed by atoms with Gasteiger partial charge in [-0.3, -0.25) is 9.53 Å². The Hall–Kier alpha value is -2.74. The predicted octanol–water partition coefficient (Wildman–Crippen LogP) is 2.44. The van der Waals surface area contributed by atoms with Gasteiger partial charge in [-0.05, 0) is 51.5 Å². The van der Waals surface area contributed by atoms with Crippen molar-refractivity contribution in [1.29, 1.82) is 0 Å². The molecule has 1 aliphatic heterocycles. The highest BCUT2D eigenvalue weighted by atomic mass is 16.6. The summed E-state index contributed by atoms with van der Waals surface area (Å²) in [6, 6.07) is 0. The van der Waals surface area contributed by atoms with Gasteiger partial charge in [0.05, 0.1) is 38.2 Å². The molecule has 8 heteroatoms. The molecule has 0 spiro atoms. The second-order valence-corrected chi connectivity index (χ2v) is 8.53. The number of rotatable bonds is 11. The topological polar surface area (TPSA) is 113 Å². The zero-order valence-electron chi connectivity index (χ0n) is 20.7. The maximum atomic E-state index is 12.9. The summed E-state index contributed by atoms with van der Waals surface area (Å²) in [7, 11) is 1.33. The Labute approximate surface area is 201 Å². The highest BCUT2D eigenvalue weighted by Gasteiger charge is 2.51. The first-order valence-corrected chi connectivity index (χ1v) is 11.9. The fraction of sp³-hybridized carbons (Fsp3) is 0.615. The Morgan fingerprint density at radius 1 is 1.21 bits per heavy atom. The molecule has 0 saturated heterocycles. The lowest BCUT2D eigenvalue weighted by Gasteiger charge is -2.42. The summed E-state index contributed by atoms with van der Waals surface area (Å²) in [6.45, 7) is 7.97. The number of allylic oxidation sites excluding steroid dienone is 4. The first-order chi connectivity index (χ1) is 16.3. The van der Waals surface area contributed by atoms with Crippen LogP contribution in [0.5, 0.6) is 0 Å². The van der Waals surface area contributed by atoms with Crippen molar-refractivity contribution in [2.75, 3.05) is 20.3 Å². The van der Waals surface area contributed by atoms with Crippen LogP contribution in [0.4, 0.5) is 0 Å². The van der Waals surface area contributed by atoms with Gasteiger partial charge in [-0.25, -0.2) is 9.22 Å². The van der Waals surface area contributed by atoms with E-state index in [-0.39, 0.29) is 18.4 Å². The molecule has 1 heterocycles. The molecule has 0 saturated carbocycles. The fourth-order valence-corrected chi connectivity index (χ4v) is 4.83. The van der Waals surface area contributed by atoms with Gasteiger partial charge in [0.25, 0.3) is 0 Å². The minimum Gasteiger partial charge on any atom is -0.549 e. The van der Waals surface area contributed by atoms with Crippen LogP contribution in [0.1, 0.15) is 53.4 Å². The molecule has 8 nitrogen and oxygen atoms in total. The van der Waals surface area contributed by atoms with E-state index in [2.05, 4.69) is 4.74 Å². The number of hydrogen-bond acceptors (Lipinski definition) is 7. The van der Waals surface area contributed by atoms with Crippen molar-refractivity contribution in [3.05, 3.63) is 34.9 Å². The van der Waals surface area contributed by atoms with Gasteiger partial charge in [-0.2, -0.15) is 0 Å². The summed E-state index contributed by atoms with van der Waals surface area (Å²) in [5.74, 6) is -4.65. The number of carbonyl (C=O) groups is 3. The van der Waals surface area contributed by atoms with E-state index in [0.717, 1.165) is 17.6 Å². The van der Waals surface area contributed by atoms with Crippen molar-refractivity contribution in [3.8, 4) is 0 Å². The average Bonchev–Trinajstić information content (AvgIpc) is 2.81. The minimum atomic E-state index is -1.31. The lowest BCUT2D eigenvalue weighted by atomic mass is 9.62. The highest BCUT2D eigenvalue weighted by molar-refractivity contribution is 5.89. The maximum Gasteiger partial charge on any atom is 0.381 e. The van der Waals surface area contributed by atoms with Gasteiger partial charge < -0.3 is 19.4 Å². The Morgan fingerprint density at radius 3 is 2.56 bits per heavy atom. The van der Waals surface area contributed by atoms with E-state index >= 15 is 0 Å². The summed E-state index contributed by atoms with van der Waals surface area (Å²) in [4.78, 5) is 36.4. The predicted molar refractivity (Wildman–Crippen MR) is 123 cm³/mol. The van der Waals surface area contributed by atoms with Crippen molar-refractivity contribution in [1.82, 2.24) is 0 Å². The zero-order chi connectivity index (χ0) is 25.3. The molecule has 0 fully saturated rings. The van der Waals surface area contributed by atoms with Gasteiger partial charge in [-0.15, -0.1) is 0 Å². The maximum absolute atomic E-state index is 12.9. The van der Waals surface area contributed by atoms with E-state index in [1.54, 1.807) is 19.3 Å². The summed E-state index contributed by atoms with van der Waals surface area (Å²) in [6.07, 6.45) is 8.85. The van der Waals surface area contributed by atoms with Crippen molar-refractivity contribution in [2.45, 2.75) is 59.7 Å². The monoisotopic (exact) mass is 476 g/mol. The number of hydrogen-bond donors (Lipinski definition) is 0. The molecule has 5 atom stereocenters. The molecule has 0 aromatic heterocycles. The Kier molecular flexibility index (Phi) is 10.7. The largest absolute Gasteiger partial charge is 0.549 e. The Bertz CT molecular complexity index is 866. The number of unbranched alkanes of at least 4 members (excludes halogenated alkanes) is 2. The standard InChI is InChI=1S/C26H36O8/c1-6-32-21-14-18-17(4)23(26(30)33-7-2)24(25(28)29)22(19(18)15-34-21)16(3)12-10-8-9-11-13-20(27)31-5/h11-13,15,17-18,21,23-24H,6-10,14H2,1-5H3/b13-11+,16-12+/t17-,18-,21+,23-,24-/m0/s1. The second kappa shape index (κ2) is 13.2. The first kappa shape index (κ1) is 27.5. The van der Waals surface area contributed by atoms with Crippen LogP contribution in [0.3, 0.4) is 0 Å². The average molecular weight is 477 g/mol. The molecular weight excluding hydrogens is 440 g/mol. The third-order valence-electron chi connectivity index (χ3n) is 6.45. The van der Waals surface area contributed by atoms with Crippen molar-refractivity contribution >= 4 is 24.2 Å². The van der Waals surface area contributed by atoms with Crippen LogP contribution in [0.2, 0.25) is 0 Å². The lowest BCUT2D eigenvalue weighted by molar-refractivity contribution is -0.563. The number of aliphatic carboxylic acids is 1. The molecule has 34 heavy (non-hydrogen) atoms. The molecule has 2 aliphatic rings. The third-order valence-corrected chi connectivity index (χ3v) is 6.45. The molecule has 0 unspecified atom stereocenters. The SMILES string of the molecule is CCOC(=O)[C@@H]1[C@@H](C(=O)[O-])C(/C(C)=C/CCC/C=C/C(=O)OC)=C2C=[O+][C@@H](OCC)C[C@H]2[C@@H]1C.